The van der Waals surface area contributed by atoms with Crippen molar-refractivity contribution in [3.8, 4) is 0 Å². The van der Waals surface area contributed by atoms with Gasteiger partial charge in [-0.25, -0.2) is 0 Å². The average Bonchev–Trinajstić information content (AvgIpc) is 3.31. The van der Waals surface area contributed by atoms with E-state index in [4.69, 9.17) is 4.52 Å². The van der Waals surface area contributed by atoms with Crippen LogP contribution in [-0.4, -0.2) is 32.5 Å². The molecule has 1 amide bonds. The molecule has 0 atom stereocenters. The standard InChI is InChI=1S/C17H22N4O3/c1-4-21(9-13-18-16(24-20-13)11-5-6-11)17(23)12-7-8-14(22)19-15(12)10(2)3/h7-8,10-11H,4-6,9H2,1-3H3,(H,19,22). The Balaban J connectivity index is 1.82. The number of carbonyl (C=O) groups excluding carboxylic acids is 1. The van der Waals surface area contributed by atoms with Gasteiger partial charge in [0.15, 0.2) is 5.82 Å². The minimum atomic E-state index is -0.203. The Morgan fingerprint density at radius 3 is 2.79 bits per heavy atom. The summed E-state index contributed by atoms with van der Waals surface area (Å²) in [5.41, 5.74) is 0.959. The van der Waals surface area contributed by atoms with Gasteiger partial charge in [0.05, 0.1) is 12.1 Å². The Morgan fingerprint density at radius 2 is 2.17 bits per heavy atom. The van der Waals surface area contributed by atoms with E-state index in [0.717, 1.165) is 12.8 Å². The highest BCUT2D eigenvalue weighted by Gasteiger charge is 2.30. The summed E-state index contributed by atoms with van der Waals surface area (Å²) in [6.07, 6.45) is 2.18. The number of hydrogen-bond acceptors (Lipinski definition) is 5. The van der Waals surface area contributed by atoms with Crippen molar-refractivity contribution in [2.75, 3.05) is 6.54 Å². The molecule has 0 aromatic carbocycles. The maximum atomic E-state index is 12.9. The highest BCUT2D eigenvalue weighted by atomic mass is 16.5. The van der Waals surface area contributed by atoms with Crippen LogP contribution in [0.3, 0.4) is 0 Å². The number of rotatable bonds is 6. The van der Waals surface area contributed by atoms with Gasteiger partial charge in [0.2, 0.25) is 11.4 Å². The summed E-state index contributed by atoms with van der Waals surface area (Å²) >= 11 is 0. The number of carbonyl (C=O) groups is 1. The van der Waals surface area contributed by atoms with Gasteiger partial charge in [0, 0.05) is 24.2 Å². The summed E-state index contributed by atoms with van der Waals surface area (Å²) in [7, 11) is 0. The van der Waals surface area contributed by atoms with Gasteiger partial charge < -0.3 is 14.4 Å². The molecule has 1 aliphatic rings. The van der Waals surface area contributed by atoms with Crippen LogP contribution in [0.25, 0.3) is 0 Å². The smallest absolute Gasteiger partial charge is 0.256 e. The number of hydrogen-bond donors (Lipinski definition) is 1. The molecule has 0 spiro atoms. The van der Waals surface area contributed by atoms with E-state index in [1.165, 1.54) is 6.07 Å². The largest absolute Gasteiger partial charge is 0.339 e. The first-order chi connectivity index (χ1) is 11.5. The summed E-state index contributed by atoms with van der Waals surface area (Å²) in [6, 6.07) is 2.97. The Kier molecular flexibility index (Phi) is 4.51. The zero-order valence-corrected chi connectivity index (χ0v) is 14.2. The van der Waals surface area contributed by atoms with Gasteiger partial charge in [0.1, 0.15) is 0 Å². The lowest BCUT2D eigenvalue weighted by Gasteiger charge is -2.21. The van der Waals surface area contributed by atoms with Gasteiger partial charge in [-0.3, -0.25) is 9.59 Å². The minimum Gasteiger partial charge on any atom is -0.339 e. The molecule has 0 saturated heterocycles. The van der Waals surface area contributed by atoms with Crippen LogP contribution in [-0.2, 0) is 6.54 Å². The first kappa shape index (κ1) is 16.4. The van der Waals surface area contributed by atoms with E-state index in [0.29, 0.717) is 42.0 Å². The summed E-state index contributed by atoms with van der Waals surface area (Å²) < 4.78 is 5.25. The molecule has 1 fully saturated rings. The molecule has 2 aromatic rings. The third kappa shape index (κ3) is 3.39. The molecular formula is C17H22N4O3. The van der Waals surface area contributed by atoms with E-state index >= 15 is 0 Å². The van der Waals surface area contributed by atoms with Crippen molar-refractivity contribution in [2.24, 2.45) is 0 Å². The van der Waals surface area contributed by atoms with Gasteiger partial charge in [-0.15, -0.1) is 0 Å². The van der Waals surface area contributed by atoms with Crippen LogP contribution >= 0.6 is 0 Å². The van der Waals surface area contributed by atoms with Crippen LogP contribution in [0.2, 0.25) is 0 Å². The predicted octanol–water partition coefficient (Wildman–Crippen LogP) is 2.42. The second-order valence-electron chi connectivity index (χ2n) is 6.45. The van der Waals surface area contributed by atoms with Crippen molar-refractivity contribution in [3.63, 3.8) is 0 Å². The molecule has 1 aliphatic carbocycles. The summed E-state index contributed by atoms with van der Waals surface area (Å²) in [5, 5.41) is 3.98. The normalized spacial score (nSPS) is 14.2. The number of aromatic nitrogens is 3. The van der Waals surface area contributed by atoms with Crippen molar-refractivity contribution in [3.05, 3.63) is 45.5 Å². The van der Waals surface area contributed by atoms with Crippen molar-refractivity contribution in [1.82, 2.24) is 20.0 Å². The molecule has 1 saturated carbocycles. The molecular weight excluding hydrogens is 308 g/mol. The fourth-order valence-corrected chi connectivity index (χ4v) is 2.63. The Morgan fingerprint density at radius 1 is 1.42 bits per heavy atom. The average molecular weight is 330 g/mol. The topological polar surface area (TPSA) is 92.1 Å². The number of nitrogens with one attached hydrogen (secondary N) is 1. The quantitative estimate of drug-likeness (QED) is 0.878. The molecule has 0 aliphatic heterocycles. The SMILES string of the molecule is CCN(Cc1noc(C2CC2)n1)C(=O)c1ccc(=O)[nH]c1C(C)C. The van der Waals surface area contributed by atoms with Crippen LogP contribution < -0.4 is 5.56 Å². The zero-order chi connectivity index (χ0) is 17.3. The van der Waals surface area contributed by atoms with Crippen molar-refractivity contribution >= 4 is 5.91 Å². The third-order valence-corrected chi connectivity index (χ3v) is 4.17. The molecule has 0 unspecified atom stereocenters. The van der Waals surface area contributed by atoms with Crippen LogP contribution in [0.5, 0.6) is 0 Å². The van der Waals surface area contributed by atoms with Gasteiger partial charge in [0.25, 0.3) is 5.91 Å². The Bertz CT molecular complexity index is 789. The number of pyridine rings is 1. The van der Waals surface area contributed by atoms with Crippen molar-refractivity contribution in [1.29, 1.82) is 0 Å². The Labute approximate surface area is 140 Å². The predicted molar refractivity (Wildman–Crippen MR) is 87.8 cm³/mol. The van der Waals surface area contributed by atoms with Crippen LogP contribution in [0.4, 0.5) is 0 Å². The second-order valence-corrected chi connectivity index (χ2v) is 6.45. The van der Waals surface area contributed by atoms with E-state index < -0.39 is 0 Å². The van der Waals surface area contributed by atoms with E-state index in [-0.39, 0.29) is 17.4 Å². The summed E-state index contributed by atoms with van der Waals surface area (Å²) in [4.78, 5) is 33.3. The third-order valence-electron chi connectivity index (χ3n) is 4.17. The van der Waals surface area contributed by atoms with E-state index in [1.807, 2.05) is 20.8 Å². The van der Waals surface area contributed by atoms with Gasteiger partial charge in [-0.2, -0.15) is 4.98 Å². The lowest BCUT2D eigenvalue weighted by molar-refractivity contribution is 0.0745. The number of nitrogens with zero attached hydrogens (tertiary/aromatic N) is 3. The van der Waals surface area contributed by atoms with Crippen LogP contribution in [0, 0.1) is 0 Å². The van der Waals surface area contributed by atoms with E-state index in [9.17, 15) is 9.59 Å². The fourth-order valence-electron chi connectivity index (χ4n) is 2.63. The lowest BCUT2D eigenvalue weighted by atomic mass is 10.0. The van der Waals surface area contributed by atoms with Crippen LogP contribution in [0.1, 0.15) is 73.2 Å². The zero-order valence-electron chi connectivity index (χ0n) is 14.2. The van der Waals surface area contributed by atoms with Gasteiger partial charge in [-0.1, -0.05) is 19.0 Å². The number of amides is 1. The van der Waals surface area contributed by atoms with E-state index in [1.54, 1.807) is 11.0 Å². The second kappa shape index (κ2) is 6.59. The van der Waals surface area contributed by atoms with Crippen molar-refractivity contribution < 1.29 is 9.32 Å². The van der Waals surface area contributed by atoms with Gasteiger partial charge >= 0.3 is 0 Å². The first-order valence-electron chi connectivity index (χ1n) is 8.34. The Hall–Kier alpha value is -2.44. The minimum absolute atomic E-state index is 0.0446. The highest BCUT2D eigenvalue weighted by Crippen LogP contribution is 2.38. The summed E-state index contributed by atoms with van der Waals surface area (Å²) in [6.45, 7) is 6.60. The molecule has 3 rings (SSSR count). The number of H-pyrrole nitrogens is 1. The molecule has 128 valence electrons. The molecule has 7 nitrogen and oxygen atoms in total. The van der Waals surface area contributed by atoms with Gasteiger partial charge in [-0.05, 0) is 31.7 Å². The first-order valence-corrected chi connectivity index (χ1v) is 8.34. The highest BCUT2D eigenvalue weighted by molar-refractivity contribution is 5.95. The fraction of sp³-hybridized carbons (Fsp3) is 0.529. The molecule has 24 heavy (non-hydrogen) atoms. The maximum Gasteiger partial charge on any atom is 0.256 e. The molecule has 7 heteroatoms. The van der Waals surface area contributed by atoms with Crippen LogP contribution in [0.15, 0.2) is 21.5 Å². The molecule has 2 heterocycles. The molecule has 2 aromatic heterocycles. The number of aromatic amines is 1. The monoisotopic (exact) mass is 330 g/mol. The molecule has 0 radical (unpaired) electrons. The summed E-state index contributed by atoms with van der Waals surface area (Å²) in [5.74, 6) is 1.48. The molecule has 0 bridgehead atoms. The van der Waals surface area contributed by atoms with E-state index in [2.05, 4.69) is 15.1 Å². The molecule has 1 N–H and O–H groups in total. The lowest BCUT2D eigenvalue weighted by Crippen LogP contribution is -2.32. The van der Waals surface area contributed by atoms with Crippen molar-refractivity contribution in [2.45, 2.75) is 52.0 Å². The maximum absolute atomic E-state index is 12.9.